The molecule has 0 radical (unpaired) electrons. The van der Waals surface area contributed by atoms with Gasteiger partial charge in [0.1, 0.15) is 16.9 Å². The number of carbonyl (C=O) groups excluding carboxylic acids is 1. The lowest BCUT2D eigenvalue weighted by Gasteiger charge is -2.26. The van der Waals surface area contributed by atoms with Crippen molar-refractivity contribution < 1.29 is 14.3 Å². The number of nitrogens with zero attached hydrogens (tertiary/aromatic N) is 1. The van der Waals surface area contributed by atoms with Gasteiger partial charge in [0, 0.05) is 28.0 Å². The Hall–Kier alpha value is -1.86. The van der Waals surface area contributed by atoms with Gasteiger partial charge in [-0.3, -0.25) is 0 Å². The summed E-state index contributed by atoms with van der Waals surface area (Å²) in [6.45, 7) is 0.687. The number of rotatable bonds is 4. The normalized spacial score (nSPS) is 16.6. The summed E-state index contributed by atoms with van der Waals surface area (Å²) < 4.78 is 11.6. The van der Waals surface area contributed by atoms with Crippen molar-refractivity contribution >= 4 is 39.4 Å². The highest BCUT2D eigenvalue weighted by molar-refractivity contribution is 9.10. The van der Waals surface area contributed by atoms with E-state index in [1.807, 2.05) is 47.4 Å². The minimum Gasteiger partial charge on any atom is -0.497 e. The van der Waals surface area contributed by atoms with Gasteiger partial charge in [0.05, 0.1) is 14.2 Å². The second kappa shape index (κ2) is 8.01. The zero-order valence-corrected chi connectivity index (χ0v) is 16.4. The van der Waals surface area contributed by atoms with E-state index in [0.29, 0.717) is 6.54 Å². The van der Waals surface area contributed by atoms with Gasteiger partial charge in [0.25, 0.3) is 0 Å². The van der Waals surface area contributed by atoms with Gasteiger partial charge < -0.3 is 19.7 Å². The Labute approximate surface area is 159 Å². The lowest BCUT2D eigenvalue weighted by molar-refractivity contribution is 0.213. The lowest BCUT2D eigenvalue weighted by atomic mass is 10.2. The number of halogens is 1. The van der Waals surface area contributed by atoms with Crippen LogP contribution >= 0.6 is 27.7 Å². The van der Waals surface area contributed by atoms with Crippen molar-refractivity contribution in [1.29, 1.82) is 0 Å². The van der Waals surface area contributed by atoms with Gasteiger partial charge in [-0.2, -0.15) is 0 Å². The first kappa shape index (κ1) is 17.9. The molecule has 1 atom stereocenters. The number of benzene rings is 2. The number of anilines is 1. The zero-order valence-electron chi connectivity index (χ0n) is 14.0. The first-order valence-corrected chi connectivity index (χ1v) is 9.63. The molecule has 0 saturated carbocycles. The van der Waals surface area contributed by atoms with E-state index < -0.39 is 0 Å². The predicted octanol–water partition coefficient (Wildman–Crippen LogP) is 4.75. The van der Waals surface area contributed by atoms with E-state index >= 15 is 0 Å². The molecular weight excluding hydrogens is 404 g/mol. The van der Waals surface area contributed by atoms with E-state index in [0.717, 1.165) is 33.0 Å². The van der Waals surface area contributed by atoms with E-state index in [9.17, 15) is 4.79 Å². The van der Waals surface area contributed by atoms with Crippen molar-refractivity contribution in [2.45, 2.75) is 5.37 Å². The second-order valence-corrected chi connectivity index (χ2v) is 7.57. The number of carbonyl (C=O) groups is 1. The predicted molar refractivity (Wildman–Crippen MR) is 105 cm³/mol. The molecule has 5 nitrogen and oxygen atoms in total. The second-order valence-electron chi connectivity index (χ2n) is 5.46. The highest BCUT2D eigenvalue weighted by Gasteiger charge is 2.32. The summed E-state index contributed by atoms with van der Waals surface area (Å²) in [7, 11) is 3.26. The van der Waals surface area contributed by atoms with Crippen LogP contribution in [0.5, 0.6) is 11.5 Å². The summed E-state index contributed by atoms with van der Waals surface area (Å²) >= 11 is 5.23. The Morgan fingerprint density at radius 2 is 1.96 bits per heavy atom. The van der Waals surface area contributed by atoms with Crippen LogP contribution < -0.4 is 14.8 Å². The van der Waals surface area contributed by atoms with E-state index in [2.05, 4.69) is 21.2 Å². The third-order valence-corrected chi connectivity index (χ3v) is 5.69. The van der Waals surface area contributed by atoms with Crippen molar-refractivity contribution in [3.8, 4) is 11.5 Å². The maximum atomic E-state index is 12.8. The van der Waals surface area contributed by atoms with Crippen LogP contribution in [0.1, 0.15) is 10.9 Å². The summed E-state index contributed by atoms with van der Waals surface area (Å²) in [6, 6.07) is 13.0. The van der Waals surface area contributed by atoms with Gasteiger partial charge in [-0.25, -0.2) is 4.79 Å². The van der Waals surface area contributed by atoms with Gasteiger partial charge in [-0.1, -0.05) is 15.9 Å². The molecule has 25 heavy (non-hydrogen) atoms. The molecule has 1 saturated heterocycles. The number of hydrogen-bond donors (Lipinski definition) is 1. The van der Waals surface area contributed by atoms with Crippen molar-refractivity contribution in [1.82, 2.24) is 4.90 Å². The standard InChI is InChI=1S/C18H19BrN2O3S/c1-23-14-6-4-13(5-7-14)20-18(22)21-9-10-25-17(21)15-11-12(19)3-8-16(15)24-2/h3-8,11,17H,9-10H2,1-2H3,(H,20,22)/t17-/m1/s1. The van der Waals surface area contributed by atoms with Gasteiger partial charge in [0.15, 0.2) is 0 Å². The Morgan fingerprint density at radius 1 is 1.20 bits per heavy atom. The molecule has 3 rings (SSSR count). The molecule has 0 bridgehead atoms. The van der Waals surface area contributed by atoms with Crippen molar-refractivity contribution in [3.05, 3.63) is 52.5 Å². The first-order chi connectivity index (χ1) is 12.1. The van der Waals surface area contributed by atoms with E-state index in [1.165, 1.54) is 0 Å². The van der Waals surface area contributed by atoms with Crippen LogP contribution in [0.25, 0.3) is 0 Å². The zero-order chi connectivity index (χ0) is 17.8. The molecule has 1 aliphatic rings. The van der Waals surface area contributed by atoms with E-state index in [-0.39, 0.29) is 11.4 Å². The number of amides is 2. The molecule has 0 spiro atoms. The van der Waals surface area contributed by atoms with Crippen LogP contribution in [0.4, 0.5) is 10.5 Å². The highest BCUT2D eigenvalue weighted by Crippen LogP contribution is 2.43. The van der Waals surface area contributed by atoms with Gasteiger partial charge in [0.2, 0.25) is 0 Å². The average molecular weight is 423 g/mol. The van der Waals surface area contributed by atoms with Gasteiger partial charge in [-0.15, -0.1) is 11.8 Å². The molecule has 1 N–H and O–H groups in total. The Kier molecular flexibility index (Phi) is 5.75. The molecule has 0 unspecified atom stereocenters. The summed E-state index contributed by atoms with van der Waals surface area (Å²) in [5.74, 6) is 2.42. The monoisotopic (exact) mass is 422 g/mol. The van der Waals surface area contributed by atoms with Gasteiger partial charge in [-0.05, 0) is 42.5 Å². The van der Waals surface area contributed by atoms with Crippen LogP contribution in [0.15, 0.2) is 46.9 Å². The molecule has 2 aromatic carbocycles. The minimum atomic E-state index is -0.123. The molecule has 2 aromatic rings. The molecule has 132 valence electrons. The third kappa shape index (κ3) is 4.04. The highest BCUT2D eigenvalue weighted by atomic mass is 79.9. The minimum absolute atomic E-state index is 0.0781. The average Bonchev–Trinajstić information content (AvgIpc) is 3.12. The SMILES string of the molecule is COc1ccc(NC(=O)N2CCS[C@@H]2c2cc(Br)ccc2OC)cc1. The Balaban J connectivity index is 1.78. The maximum Gasteiger partial charge on any atom is 0.323 e. The largest absolute Gasteiger partial charge is 0.497 e. The molecule has 0 aromatic heterocycles. The maximum absolute atomic E-state index is 12.8. The van der Waals surface area contributed by atoms with Crippen molar-refractivity contribution in [3.63, 3.8) is 0 Å². The fourth-order valence-corrected chi connectivity index (χ4v) is 4.35. The number of urea groups is 1. The number of nitrogens with one attached hydrogen (secondary N) is 1. The number of methoxy groups -OCH3 is 2. The van der Waals surface area contributed by atoms with Gasteiger partial charge >= 0.3 is 6.03 Å². The molecule has 1 heterocycles. The summed E-state index contributed by atoms with van der Waals surface area (Å²) in [5.41, 5.74) is 1.73. The quantitative estimate of drug-likeness (QED) is 0.772. The Bertz CT molecular complexity index is 754. The molecule has 0 aliphatic carbocycles. The molecule has 1 aliphatic heterocycles. The first-order valence-electron chi connectivity index (χ1n) is 7.79. The Morgan fingerprint density at radius 3 is 2.64 bits per heavy atom. The summed E-state index contributed by atoms with van der Waals surface area (Å²) in [4.78, 5) is 14.6. The summed E-state index contributed by atoms with van der Waals surface area (Å²) in [5, 5.41) is 2.87. The van der Waals surface area contributed by atoms with Crippen LogP contribution in [-0.2, 0) is 0 Å². The van der Waals surface area contributed by atoms with E-state index in [4.69, 9.17) is 9.47 Å². The number of hydrogen-bond acceptors (Lipinski definition) is 4. The lowest BCUT2D eigenvalue weighted by Crippen LogP contribution is -2.34. The van der Waals surface area contributed by atoms with Crippen molar-refractivity contribution in [2.75, 3.05) is 31.8 Å². The van der Waals surface area contributed by atoms with Crippen LogP contribution in [-0.4, -0.2) is 37.4 Å². The molecule has 1 fully saturated rings. The van der Waals surface area contributed by atoms with Crippen LogP contribution in [0.2, 0.25) is 0 Å². The van der Waals surface area contributed by atoms with Crippen LogP contribution in [0.3, 0.4) is 0 Å². The fraction of sp³-hybridized carbons (Fsp3) is 0.278. The number of thioether (sulfide) groups is 1. The van der Waals surface area contributed by atoms with E-state index in [1.54, 1.807) is 26.0 Å². The molecular formula is C18H19BrN2O3S. The topological polar surface area (TPSA) is 50.8 Å². The van der Waals surface area contributed by atoms with Crippen LogP contribution in [0, 0.1) is 0 Å². The fourth-order valence-electron chi connectivity index (χ4n) is 2.70. The molecule has 2 amide bonds. The van der Waals surface area contributed by atoms with Crippen molar-refractivity contribution in [2.24, 2.45) is 0 Å². The summed E-state index contributed by atoms with van der Waals surface area (Å²) in [6.07, 6.45) is 0. The number of ether oxygens (including phenoxy) is 2. The molecule has 7 heteroatoms. The third-order valence-electron chi connectivity index (χ3n) is 3.95. The smallest absolute Gasteiger partial charge is 0.323 e.